The van der Waals surface area contributed by atoms with Gasteiger partial charge in [-0.1, -0.05) is 12.1 Å². The molecular weight excluding hydrogens is 300 g/mol. The standard InChI is InChI=1S/C12H14N2O4S2/c1-12(6-7-19(15,16)9-12)14-20(17,18)11-5-3-2-4-10(11)8-13/h2-5,14H,6-7,9H2,1H3/t12-/m1/s1. The van der Waals surface area contributed by atoms with Crippen molar-refractivity contribution in [2.75, 3.05) is 11.5 Å². The first-order valence-electron chi connectivity index (χ1n) is 5.91. The van der Waals surface area contributed by atoms with Crippen molar-refractivity contribution in [3.63, 3.8) is 0 Å². The van der Waals surface area contributed by atoms with Crippen LogP contribution in [0.25, 0.3) is 0 Å². The molecule has 0 bridgehead atoms. The third kappa shape index (κ3) is 3.00. The van der Waals surface area contributed by atoms with E-state index in [0.29, 0.717) is 0 Å². The lowest BCUT2D eigenvalue weighted by Gasteiger charge is -2.23. The van der Waals surface area contributed by atoms with Crippen LogP contribution >= 0.6 is 0 Å². The fraction of sp³-hybridized carbons (Fsp3) is 0.417. The van der Waals surface area contributed by atoms with E-state index in [-0.39, 0.29) is 28.4 Å². The topological polar surface area (TPSA) is 104 Å². The molecule has 1 atom stereocenters. The Bertz CT molecular complexity index is 778. The summed E-state index contributed by atoms with van der Waals surface area (Å²) in [5, 5.41) is 8.95. The van der Waals surface area contributed by atoms with Gasteiger partial charge >= 0.3 is 0 Å². The minimum Gasteiger partial charge on any atom is -0.229 e. The lowest BCUT2D eigenvalue weighted by Crippen LogP contribution is -2.46. The van der Waals surface area contributed by atoms with Crippen LogP contribution in [0, 0.1) is 11.3 Å². The molecule has 0 aliphatic carbocycles. The number of sulfone groups is 1. The molecule has 1 aliphatic rings. The predicted octanol–water partition coefficient (Wildman–Crippen LogP) is 0.414. The lowest BCUT2D eigenvalue weighted by atomic mass is 10.0. The summed E-state index contributed by atoms with van der Waals surface area (Å²) in [7, 11) is -7.15. The molecule has 1 saturated heterocycles. The molecular formula is C12H14N2O4S2. The lowest BCUT2D eigenvalue weighted by molar-refractivity contribution is 0.461. The fourth-order valence-corrected chi connectivity index (χ4v) is 6.04. The van der Waals surface area contributed by atoms with Gasteiger partial charge in [-0.3, -0.25) is 0 Å². The van der Waals surface area contributed by atoms with E-state index < -0.39 is 25.4 Å². The van der Waals surface area contributed by atoms with Crippen molar-refractivity contribution in [3.05, 3.63) is 29.8 Å². The quantitative estimate of drug-likeness (QED) is 0.870. The molecule has 0 amide bonds. The van der Waals surface area contributed by atoms with Crippen molar-refractivity contribution in [1.29, 1.82) is 5.26 Å². The Morgan fingerprint density at radius 1 is 1.35 bits per heavy atom. The molecule has 108 valence electrons. The smallest absolute Gasteiger partial charge is 0.229 e. The molecule has 1 aliphatic heterocycles. The van der Waals surface area contributed by atoms with Gasteiger partial charge in [0.25, 0.3) is 0 Å². The van der Waals surface area contributed by atoms with Crippen LogP contribution < -0.4 is 4.72 Å². The highest BCUT2D eigenvalue weighted by Crippen LogP contribution is 2.26. The molecule has 6 nitrogen and oxygen atoms in total. The third-order valence-corrected chi connectivity index (χ3v) is 6.78. The molecule has 1 aromatic rings. The first-order chi connectivity index (χ1) is 9.18. The van der Waals surface area contributed by atoms with Gasteiger partial charge in [-0.2, -0.15) is 5.26 Å². The van der Waals surface area contributed by atoms with E-state index in [4.69, 9.17) is 5.26 Å². The zero-order valence-electron chi connectivity index (χ0n) is 10.8. The number of benzene rings is 1. The SMILES string of the molecule is C[C@@]1(NS(=O)(=O)c2ccccc2C#N)CCS(=O)(=O)C1. The van der Waals surface area contributed by atoms with E-state index in [1.807, 2.05) is 6.07 Å². The highest BCUT2D eigenvalue weighted by atomic mass is 32.2. The first kappa shape index (κ1) is 15.0. The van der Waals surface area contributed by atoms with Gasteiger partial charge in [-0.25, -0.2) is 21.6 Å². The molecule has 1 aromatic carbocycles. The molecule has 20 heavy (non-hydrogen) atoms. The number of sulfonamides is 1. The number of rotatable bonds is 3. The van der Waals surface area contributed by atoms with E-state index >= 15 is 0 Å². The number of hydrogen-bond acceptors (Lipinski definition) is 5. The second-order valence-electron chi connectivity index (χ2n) is 5.12. The van der Waals surface area contributed by atoms with E-state index in [1.54, 1.807) is 13.0 Å². The highest BCUT2D eigenvalue weighted by Gasteiger charge is 2.41. The minimum atomic E-state index is -3.93. The van der Waals surface area contributed by atoms with Gasteiger partial charge in [0.15, 0.2) is 9.84 Å². The van der Waals surface area contributed by atoms with Gasteiger partial charge in [0.1, 0.15) is 6.07 Å². The van der Waals surface area contributed by atoms with Gasteiger partial charge in [-0.15, -0.1) is 0 Å². The van der Waals surface area contributed by atoms with Gasteiger partial charge < -0.3 is 0 Å². The second-order valence-corrected chi connectivity index (χ2v) is 8.95. The Hall–Kier alpha value is -1.43. The number of hydrogen-bond donors (Lipinski definition) is 1. The minimum absolute atomic E-state index is 0.0319. The summed E-state index contributed by atoms with van der Waals surface area (Å²) in [5.41, 5.74) is -0.996. The van der Waals surface area contributed by atoms with E-state index in [0.717, 1.165) is 0 Å². The largest absolute Gasteiger partial charge is 0.242 e. The normalized spacial score (nSPS) is 25.2. The Balaban J connectivity index is 2.36. The van der Waals surface area contributed by atoms with Crippen LogP contribution in [0.5, 0.6) is 0 Å². The molecule has 2 rings (SSSR count). The maximum atomic E-state index is 12.3. The summed E-state index contributed by atoms with van der Waals surface area (Å²) in [5.74, 6) is -0.264. The van der Waals surface area contributed by atoms with Crippen LogP contribution in [0.2, 0.25) is 0 Å². The van der Waals surface area contributed by atoms with Crippen LogP contribution in [-0.4, -0.2) is 33.9 Å². The summed E-state index contributed by atoms with van der Waals surface area (Å²) in [4.78, 5) is -0.131. The Morgan fingerprint density at radius 2 is 2.00 bits per heavy atom. The molecule has 0 spiro atoms. The van der Waals surface area contributed by atoms with Crippen molar-refractivity contribution in [1.82, 2.24) is 4.72 Å². The van der Waals surface area contributed by atoms with Gasteiger partial charge in [0.05, 0.1) is 22.0 Å². The van der Waals surface area contributed by atoms with Crippen LogP contribution in [-0.2, 0) is 19.9 Å². The average Bonchev–Trinajstić information content (AvgIpc) is 2.62. The molecule has 1 N–H and O–H groups in total. The van der Waals surface area contributed by atoms with Crippen molar-refractivity contribution < 1.29 is 16.8 Å². The van der Waals surface area contributed by atoms with E-state index in [2.05, 4.69) is 4.72 Å². The molecule has 8 heteroatoms. The van der Waals surface area contributed by atoms with Gasteiger partial charge in [-0.05, 0) is 25.5 Å². The fourth-order valence-electron chi connectivity index (χ4n) is 2.26. The molecule has 0 unspecified atom stereocenters. The summed E-state index contributed by atoms with van der Waals surface area (Å²) >= 11 is 0. The van der Waals surface area contributed by atoms with Crippen LogP contribution in [0.1, 0.15) is 18.9 Å². The molecule has 0 radical (unpaired) electrons. The monoisotopic (exact) mass is 314 g/mol. The summed E-state index contributed by atoms with van der Waals surface area (Å²) in [6.07, 6.45) is 0.225. The maximum Gasteiger partial charge on any atom is 0.242 e. The number of nitrogens with one attached hydrogen (secondary N) is 1. The highest BCUT2D eigenvalue weighted by molar-refractivity contribution is 7.92. The third-order valence-electron chi connectivity index (χ3n) is 3.18. The van der Waals surface area contributed by atoms with Crippen molar-refractivity contribution >= 4 is 19.9 Å². The summed E-state index contributed by atoms with van der Waals surface area (Å²) < 4.78 is 50.1. The summed E-state index contributed by atoms with van der Waals surface area (Å²) in [6, 6.07) is 7.64. The zero-order valence-corrected chi connectivity index (χ0v) is 12.5. The molecule has 1 heterocycles. The molecule has 0 saturated carbocycles. The average molecular weight is 314 g/mol. The Morgan fingerprint density at radius 3 is 2.55 bits per heavy atom. The maximum absolute atomic E-state index is 12.3. The number of nitrogens with zero attached hydrogens (tertiary/aromatic N) is 1. The van der Waals surface area contributed by atoms with Crippen molar-refractivity contribution in [2.45, 2.75) is 23.8 Å². The van der Waals surface area contributed by atoms with E-state index in [1.165, 1.54) is 18.2 Å². The predicted molar refractivity (Wildman–Crippen MR) is 73.2 cm³/mol. The zero-order chi connectivity index (χ0) is 15.0. The van der Waals surface area contributed by atoms with Crippen molar-refractivity contribution in [3.8, 4) is 6.07 Å². The molecule has 0 aromatic heterocycles. The first-order valence-corrected chi connectivity index (χ1v) is 9.21. The Labute approximate surface area is 118 Å². The summed E-state index contributed by atoms with van der Waals surface area (Å²) in [6.45, 7) is 1.56. The van der Waals surface area contributed by atoms with E-state index in [9.17, 15) is 16.8 Å². The van der Waals surface area contributed by atoms with Gasteiger partial charge in [0, 0.05) is 5.54 Å². The van der Waals surface area contributed by atoms with Crippen LogP contribution in [0.3, 0.4) is 0 Å². The van der Waals surface area contributed by atoms with Gasteiger partial charge in [0.2, 0.25) is 10.0 Å². The van der Waals surface area contributed by atoms with Crippen molar-refractivity contribution in [2.24, 2.45) is 0 Å². The second kappa shape index (κ2) is 4.84. The van der Waals surface area contributed by atoms with Crippen LogP contribution in [0.4, 0.5) is 0 Å². The Kier molecular flexibility index (Phi) is 3.62. The number of nitriles is 1. The van der Waals surface area contributed by atoms with Crippen LogP contribution in [0.15, 0.2) is 29.2 Å². The molecule has 1 fully saturated rings.